The van der Waals surface area contributed by atoms with E-state index >= 15 is 0 Å². The molecular formula is C17H21N3O2. The van der Waals surface area contributed by atoms with E-state index in [4.69, 9.17) is 4.74 Å². The number of anilines is 1. The molecule has 2 heterocycles. The van der Waals surface area contributed by atoms with Gasteiger partial charge in [-0.25, -0.2) is 4.79 Å². The van der Waals surface area contributed by atoms with Crippen LogP contribution in [0.15, 0.2) is 36.5 Å². The van der Waals surface area contributed by atoms with Gasteiger partial charge in [0.1, 0.15) is 0 Å². The van der Waals surface area contributed by atoms with Gasteiger partial charge in [0.15, 0.2) is 0 Å². The number of amides is 2. The molecule has 1 aromatic carbocycles. The van der Waals surface area contributed by atoms with E-state index in [0.717, 1.165) is 36.0 Å². The van der Waals surface area contributed by atoms with Crippen molar-refractivity contribution >= 4 is 22.6 Å². The molecule has 0 saturated carbocycles. The van der Waals surface area contributed by atoms with Crippen molar-refractivity contribution < 1.29 is 9.53 Å². The third kappa shape index (κ3) is 3.54. The van der Waals surface area contributed by atoms with Crippen LogP contribution in [-0.4, -0.2) is 30.3 Å². The number of fused-ring (bicyclic) bond motifs is 1. The highest BCUT2D eigenvalue weighted by Crippen LogP contribution is 2.21. The summed E-state index contributed by atoms with van der Waals surface area (Å²) >= 11 is 0. The topological polar surface area (TPSA) is 63.2 Å². The number of carbonyl (C=O) groups excluding carboxylic acids is 1. The maximum Gasteiger partial charge on any atom is 0.319 e. The first-order valence-electron chi connectivity index (χ1n) is 7.72. The fourth-order valence-electron chi connectivity index (χ4n) is 2.89. The molecule has 0 radical (unpaired) electrons. The maximum absolute atomic E-state index is 12.1. The van der Waals surface area contributed by atoms with E-state index < -0.39 is 0 Å². The summed E-state index contributed by atoms with van der Waals surface area (Å²) in [4.78, 5) is 16.4. The monoisotopic (exact) mass is 299 g/mol. The Morgan fingerprint density at radius 3 is 3.09 bits per heavy atom. The predicted octanol–water partition coefficient (Wildman–Crippen LogP) is 3.17. The lowest BCUT2D eigenvalue weighted by Crippen LogP contribution is -2.36. The van der Waals surface area contributed by atoms with E-state index in [-0.39, 0.29) is 12.1 Å². The first kappa shape index (κ1) is 14.8. The molecule has 0 bridgehead atoms. The lowest BCUT2D eigenvalue weighted by molar-refractivity contribution is 0.00354. The van der Waals surface area contributed by atoms with Crippen LogP contribution in [0.3, 0.4) is 0 Å². The quantitative estimate of drug-likeness (QED) is 0.915. The molecule has 2 aromatic rings. The standard InChI is InChI=1S/C17H21N3O2/c1-12-10-13(7-9-22-12)11-19-17(21)20-15-6-2-4-14-5-3-8-18-16(14)15/h2-6,8,12-13H,7,9-11H2,1H3,(H2,19,20,21)/t12-,13-/m0/s1. The second kappa shape index (κ2) is 6.75. The second-order valence-electron chi connectivity index (χ2n) is 5.79. The van der Waals surface area contributed by atoms with E-state index in [1.807, 2.05) is 30.3 Å². The largest absolute Gasteiger partial charge is 0.378 e. The summed E-state index contributed by atoms with van der Waals surface area (Å²) in [6, 6.07) is 9.45. The summed E-state index contributed by atoms with van der Waals surface area (Å²) in [5.41, 5.74) is 1.54. The number of nitrogens with one attached hydrogen (secondary N) is 2. The molecule has 0 aliphatic carbocycles. The molecule has 22 heavy (non-hydrogen) atoms. The molecule has 1 aliphatic rings. The van der Waals surface area contributed by atoms with Crippen LogP contribution in [0.25, 0.3) is 10.9 Å². The summed E-state index contributed by atoms with van der Waals surface area (Å²) in [6.07, 6.45) is 4.01. The van der Waals surface area contributed by atoms with E-state index in [1.165, 1.54) is 0 Å². The van der Waals surface area contributed by atoms with E-state index in [9.17, 15) is 4.79 Å². The summed E-state index contributed by atoms with van der Waals surface area (Å²) in [5.74, 6) is 0.486. The predicted molar refractivity (Wildman–Crippen MR) is 86.9 cm³/mol. The van der Waals surface area contributed by atoms with E-state index in [2.05, 4.69) is 22.5 Å². The van der Waals surface area contributed by atoms with Crippen molar-refractivity contribution in [3.8, 4) is 0 Å². The summed E-state index contributed by atoms with van der Waals surface area (Å²) in [7, 11) is 0. The highest BCUT2D eigenvalue weighted by atomic mass is 16.5. The SMILES string of the molecule is C[C@H]1C[C@@H](CNC(=O)Nc2cccc3cccnc23)CCO1. The Morgan fingerprint density at radius 1 is 1.36 bits per heavy atom. The summed E-state index contributed by atoms with van der Waals surface area (Å²) < 4.78 is 5.52. The number of rotatable bonds is 3. The van der Waals surface area contributed by atoms with E-state index in [1.54, 1.807) is 6.20 Å². The number of carbonyl (C=O) groups is 1. The second-order valence-corrected chi connectivity index (χ2v) is 5.79. The molecule has 2 atom stereocenters. The zero-order valence-electron chi connectivity index (χ0n) is 12.7. The normalized spacial score (nSPS) is 21.5. The molecule has 0 unspecified atom stereocenters. The van der Waals surface area contributed by atoms with Crippen molar-refractivity contribution in [1.29, 1.82) is 0 Å². The first-order chi connectivity index (χ1) is 10.7. The van der Waals surface area contributed by atoms with Crippen LogP contribution in [0.4, 0.5) is 10.5 Å². The van der Waals surface area contributed by atoms with Crippen molar-refractivity contribution in [2.75, 3.05) is 18.5 Å². The highest BCUT2D eigenvalue weighted by molar-refractivity contribution is 5.99. The molecule has 116 valence electrons. The van der Waals surface area contributed by atoms with Crippen LogP contribution < -0.4 is 10.6 Å². The van der Waals surface area contributed by atoms with Gasteiger partial charge in [-0.05, 0) is 37.8 Å². The van der Waals surface area contributed by atoms with Gasteiger partial charge in [0.25, 0.3) is 0 Å². The molecule has 0 spiro atoms. The van der Waals surface area contributed by atoms with Crippen molar-refractivity contribution in [3.63, 3.8) is 0 Å². The Morgan fingerprint density at radius 2 is 2.23 bits per heavy atom. The third-order valence-corrected chi connectivity index (χ3v) is 4.03. The Kier molecular flexibility index (Phi) is 4.53. The van der Waals surface area contributed by atoms with Crippen molar-refractivity contribution in [2.45, 2.75) is 25.9 Å². The average Bonchev–Trinajstić information content (AvgIpc) is 2.53. The highest BCUT2D eigenvalue weighted by Gasteiger charge is 2.19. The Bertz CT molecular complexity index is 654. The Labute approximate surface area is 130 Å². The van der Waals surface area contributed by atoms with Crippen LogP contribution in [0.1, 0.15) is 19.8 Å². The number of hydrogen-bond acceptors (Lipinski definition) is 3. The van der Waals surface area contributed by atoms with Gasteiger partial charge in [-0.3, -0.25) is 4.98 Å². The van der Waals surface area contributed by atoms with Gasteiger partial charge in [-0.15, -0.1) is 0 Å². The molecule has 5 nitrogen and oxygen atoms in total. The Balaban J connectivity index is 1.59. The molecule has 5 heteroatoms. The number of hydrogen-bond donors (Lipinski definition) is 2. The average molecular weight is 299 g/mol. The fourth-order valence-corrected chi connectivity index (χ4v) is 2.89. The lowest BCUT2D eigenvalue weighted by Gasteiger charge is -2.27. The molecule has 2 N–H and O–H groups in total. The van der Waals surface area contributed by atoms with Gasteiger partial charge >= 0.3 is 6.03 Å². The fraction of sp³-hybridized carbons (Fsp3) is 0.412. The molecule has 3 rings (SSSR count). The van der Waals surface area contributed by atoms with Crippen LogP contribution in [0, 0.1) is 5.92 Å². The van der Waals surface area contributed by atoms with Crippen molar-refractivity contribution in [1.82, 2.24) is 10.3 Å². The van der Waals surface area contributed by atoms with Crippen LogP contribution in [0.5, 0.6) is 0 Å². The number of nitrogens with zero attached hydrogens (tertiary/aromatic N) is 1. The van der Waals surface area contributed by atoms with Crippen molar-refractivity contribution in [3.05, 3.63) is 36.5 Å². The number of ether oxygens (including phenoxy) is 1. The van der Waals surface area contributed by atoms with Crippen LogP contribution in [0.2, 0.25) is 0 Å². The number of benzene rings is 1. The number of para-hydroxylation sites is 1. The van der Waals surface area contributed by atoms with Crippen LogP contribution in [-0.2, 0) is 4.74 Å². The molecule has 2 amide bonds. The smallest absolute Gasteiger partial charge is 0.319 e. The third-order valence-electron chi connectivity index (χ3n) is 4.03. The maximum atomic E-state index is 12.1. The lowest BCUT2D eigenvalue weighted by atomic mass is 9.96. The first-order valence-corrected chi connectivity index (χ1v) is 7.72. The van der Waals surface area contributed by atoms with E-state index in [0.29, 0.717) is 12.5 Å². The number of aromatic nitrogens is 1. The minimum Gasteiger partial charge on any atom is -0.378 e. The van der Waals surface area contributed by atoms with Crippen molar-refractivity contribution in [2.24, 2.45) is 5.92 Å². The summed E-state index contributed by atoms with van der Waals surface area (Å²) in [6.45, 7) is 3.54. The number of urea groups is 1. The summed E-state index contributed by atoms with van der Waals surface area (Å²) in [5, 5.41) is 6.86. The van der Waals surface area contributed by atoms with Gasteiger partial charge in [0, 0.05) is 24.7 Å². The van der Waals surface area contributed by atoms with Gasteiger partial charge in [0.05, 0.1) is 17.3 Å². The zero-order valence-corrected chi connectivity index (χ0v) is 12.7. The van der Waals surface area contributed by atoms with Gasteiger partial charge in [-0.1, -0.05) is 18.2 Å². The molecule has 1 saturated heterocycles. The molecule has 1 aromatic heterocycles. The number of pyridine rings is 1. The molecule has 1 fully saturated rings. The molecular weight excluding hydrogens is 278 g/mol. The van der Waals surface area contributed by atoms with Gasteiger partial charge in [0.2, 0.25) is 0 Å². The minimum absolute atomic E-state index is 0.183. The molecule has 1 aliphatic heterocycles. The van der Waals surface area contributed by atoms with Gasteiger partial charge in [-0.2, -0.15) is 0 Å². The van der Waals surface area contributed by atoms with Gasteiger partial charge < -0.3 is 15.4 Å². The minimum atomic E-state index is -0.183. The Hall–Kier alpha value is -2.14. The zero-order chi connectivity index (χ0) is 15.4. The van der Waals surface area contributed by atoms with Crippen LogP contribution >= 0.6 is 0 Å².